The molecule has 0 aromatic heterocycles. The molecule has 5 nitrogen and oxygen atoms in total. The van der Waals surface area contributed by atoms with Crippen LogP contribution >= 0.6 is 0 Å². The monoisotopic (exact) mass is 279 g/mol. The molecule has 0 aliphatic heterocycles. The van der Waals surface area contributed by atoms with E-state index in [1.54, 1.807) is 0 Å². The number of methoxy groups -OCH3 is 1. The Labute approximate surface area is 119 Å². The Balaban J connectivity index is 2.87. The van der Waals surface area contributed by atoms with Crippen molar-refractivity contribution in [1.29, 1.82) is 0 Å². The lowest BCUT2D eigenvalue weighted by atomic mass is 9.95. The number of amides is 1. The van der Waals surface area contributed by atoms with E-state index in [-0.39, 0.29) is 24.9 Å². The van der Waals surface area contributed by atoms with E-state index >= 15 is 0 Å². The van der Waals surface area contributed by atoms with Crippen LogP contribution in [0.15, 0.2) is 30.3 Å². The number of hydrogen-bond acceptors (Lipinski definition) is 3. The van der Waals surface area contributed by atoms with Crippen molar-refractivity contribution < 1.29 is 19.4 Å². The van der Waals surface area contributed by atoms with Crippen LogP contribution in [0.25, 0.3) is 0 Å². The quantitative estimate of drug-likeness (QED) is 0.787. The van der Waals surface area contributed by atoms with Crippen molar-refractivity contribution >= 4 is 11.9 Å². The lowest BCUT2D eigenvalue weighted by molar-refractivity contribution is -0.145. The zero-order chi connectivity index (χ0) is 15.0. The fourth-order valence-corrected chi connectivity index (χ4v) is 2.09. The van der Waals surface area contributed by atoms with Gasteiger partial charge in [0, 0.05) is 13.7 Å². The van der Waals surface area contributed by atoms with E-state index in [1.807, 2.05) is 37.3 Å². The molecule has 0 saturated heterocycles. The van der Waals surface area contributed by atoms with Crippen molar-refractivity contribution in [3.63, 3.8) is 0 Å². The normalized spacial score (nSPS) is 11.9. The van der Waals surface area contributed by atoms with Crippen molar-refractivity contribution in [2.75, 3.05) is 26.8 Å². The van der Waals surface area contributed by atoms with Crippen molar-refractivity contribution in [2.45, 2.75) is 19.3 Å². The molecule has 0 spiro atoms. The van der Waals surface area contributed by atoms with Crippen molar-refractivity contribution in [3.05, 3.63) is 35.9 Å². The first-order valence-corrected chi connectivity index (χ1v) is 6.64. The van der Waals surface area contributed by atoms with Crippen LogP contribution in [0.1, 0.15) is 24.8 Å². The summed E-state index contributed by atoms with van der Waals surface area (Å²) in [6.45, 7) is 2.23. The average Bonchev–Trinajstić information content (AvgIpc) is 2.45. The maximum Gasteiger partial charge on any atom is 0.323 e. The zero-order valence-electron chi connectivity index (χ0n) is 11.9. The smallest absolute Gasteiger partial charge is 0.323 e. The highest BCUT2D eigenvalue weighted by Crippen LogP contribution is 2.21. The van der Waals surface area contributed by atoms with Gasteiger partial charge >= 0.3 is 5.97 Å². The molecule has 110 valence electrons. The fraction of sp³-hybridized carbons (Fsp3) is 0.467. The third-order valence-electron chi connectivity index (χ3n) is 3.11. The third-order valence-corrected chi connectivity index (χ3v) is 3.11. The number of benzene rings is 1. The van der Waals surface area contributed by atoms with Gasteiger partial charge in [0.15, 0.2) is 0 Å². The predicted octanol–water partition coefficient (Wildman–Crippen LogP) is 1.74. The number of carbonyl (C=O) groups excluding carboxylic acids is 1. The van der Waals surface area contributed by atoms with Gasteiger partial charge in [0.1, 0.15) is 6.54 Å². The molecule has 0 aliphatic rings. The van der Waals surface area contributed by atoms with Gasteiger partial charge in [0.2, 0.25) is 5.91 Å². The van der Waals surface area contributed by atoms with Crippen LogP contribution in [0, 0.1) is 0 Å². The number of ether oxygens (including phenoxy) is 1. The lowest BCUT2D eigenvalue weighted by Crippen LogP contribution is -2.40. The van der Waals surface area contributed by atoms with Crippen LogP contribution in [0.5, 0.6) is 0 Å². The molecule has 1 rings (SSSR count). The maximum atomic E-state index is 12.5. The van der Waals surface area contributed by atoms with E-state index in [0.717, 1.165) is 5.56 Å². The second kappa shape index (κ2) is 8.32. The van der Waals surface area contributed by atoms with Crippen LogP contribution in [0.2, 0.25) is 0 Å². The summed E-state index contributed by atoms with van der Waals surface area (Å²) >= 11 is 0. The highest BCUT2D eigenvalue weighted by Gasteiger charge is 2.25. The number of carboxylic acid groups (broad SMARTS) is 1. The molecule has 1 atom stereocenters. The van der Waals surface area contributed by atoms with E-state index in [4.69, 9.17) is 9.84 Å². The van der Waals surface area contributed by atoms with Crippen molar-refractivity contribution in [1.82, 2.24) is 4.90 Å². The number of rotatable bonds is 8. The van der Waals surface area contributed by atoms with E-state index in [1.165, 1.54) is 12.0 Å². The topological polar surface area (TPSA) is 66.8 Å². The summed E-state index contributed by atoms with van der Waals surface area (Å²) in [7, 11) is 1.53. The Morgan fingerprint density at radius 3 is 2.45 bits per heavy atom. The molecule has 0 saturated carbocycles. The molecule has 1 unspecified atom stereocenters. The Morgan fingerprint density at radius 2 is 1.95 bits per heavy atom. The van der Waals surface area contributed by atoms with E-state index in [9.17, 15) is 9.59 Å². The van der Waals surface area contributed by atoms with Crippen LogP contribution in [-0.4, -0.2) is 48.7 Å². The molecule has 0 fully saturated rings. The number of carboxylic acids is 1. The summed E-state index contributed by atoms with van der Waals surface area (Å²) in [5.41, 5.74) is 0.910. The van der Waals surface area contributed by atoms with Gasteiger partial charge in [-0.25, -0.2) is 0 Å². The standard InChI is InChI=1S/C15H21NO4/c1-3-13(12-7-5-4-6-8-12)15(19)16(9-10-20-2)11-14(17)18/h4-8,13H,3,9-11H2,1-2H3,(H,17,18). The second-order valence-corrected chi connectivity index (χ2v) is 4.52. The zero-order valence-corrected chi connectivity index (χ0v) is 11.9. The molecule has 1 aromatic rings. The molecule has 0 aliphatic carbocycles. The summed E-state index contributed by atoms with van der Waals surface area (Å²) in [6.07, 6.45) is 0.631. The minimum absolute atomic E-state index is 0.168. The van der Waals surface area contributed by atoms with Gasteiger partial charge in [-0.05, 0) is 12.0 Å². The molecule has 0 bridgehead atoms. The van der Waals surface area contributed by atoms with Gasteiger partial charge < -0.3 is 14.7 Å². The molecule has 20 heavy (non-hydrogen) atoms. The highest BCUT2D eigenvalue weighted by atomic mass is 16.5. The van der Waals surface area contributed by atoms with Crippen LogP contribution in [-0.2, 0) is 14.3 Å². The van der Waals surface area contributed by atoms with E-state index < -0.39 is 5.97 Å². The predicted molar refractivity (Wildman–Crippen MR) is 75.6 cm³/mol. The molecule has 1 aromatic carbocycles. The average molecular weight is 279 g/mol. The summed E-state index contributed by atoms with van der Waals surface area (Å²) in [5.74, 6) is -1.50. The van der Waals surface area contributed by atoms with Gasteiger partial charge in [0.05, 0.1) is 12.5 Å². The van der Waals surface area contributed by atoms with Gasteiger partial charge in [-0.3, -0.25) is 9.59 Å². The molecule has 1 N–H and O–H groups in total. The van der Waals surface area contributed by atoms with Gasteiger partial charge in [-0.2, -0.15) is 0 Å². The van der Waals surface area contributed by atoms with Gasteiger partial charge in [-0.1, -0.05) is 37.3 Å². The first-order valence-electron chi connectivity index (χ1n) is 6.64. The second-order valence-electron chi connectivity index (χ2n) is 4.52. The molecule has 1 amide bonds. The maximum absolute atomic E-state index is 12.5. The summed E-state index contributed by atoms with van der Waals surface area (Å²) in [4.78, 5) is 24.8. The minimum atomic E-state index is -1.02. The Morgan fingerprint density at radius 1 is 1.30 bits per heavy atom. The number of aliphatic carboxylic acids is 1. The van der Waals surface area contributed by atoms with E-state index in [2.05, 4.69) is 0 Å². The number of hydrogen-bond donors (Lipinski definition) is 1. The van der Waals surface area contributed by atoms with Gasteiger partial charge in [-0.15, -0.1) is 0 Å². The Hall–Kier alpha value is -1.88. The third kappa shape index (κ3) is 4.66. The lowest BCUT2D eigenvalue weighted by Gasteiger charge is -2.25. The van der Waals surface area contributed by atoms with Crippen LogP contribution < -0.4 is 0 Å². The molecule has 0 radical (unpaired) electrons. The molecular formula is C15H21NO4. The highest BCUT2D eigenvalue weighted by molar-refractivity contribution is 5.86. The van der Waals surface area contributed by atoms with Crippen molar-refractivity contribution in [3.8, 4) is 0 Å². The fourth-order valence-electron chi connectivity index (χ4n) is 2.09. The Kier molecular flexibility index (Phi) is 6.73. The first kappa shape index (κ1) is 16.2. The largest absolute Gasteiger partial charge is 0.480 e. The summed E-state index contributed by atoms with van der Waals surface area (Å²) < 4.78 is 4.94. The summed E-state index contributed by atoms with van der Waals surface area (Å²) in [5, 5.41) is 8.92. The van der Waals surface area contributed by atoms with E-state index in [0.29, 0.717) is 13.0 Å². The first-order chi connectivity index (χ1) is 9.60. The number of carbonyl (C=O) groups is 2. The minimum Gasteiger partial charge on any atom is -0.480 e. The summed E-state index contributed by atoms with van der Waals surface area (Å²) in [6, 6.07) is 9.42. The number of nitrogens with zero attached hydrogens (tertiary/aromatic N) is 1. The Bertz CT molecular complexity index is 433. The molecule has 0 heterocycles. The van der Waals surface area contributed by atoms with Crippen molar-refractivity contribution in [2.24, 2.45) is 0 Å². The van der Waals surface area contributed by atoms with Crippen LogP contribution in [0.3, 0.4) is 0 Å². The molecular weight excluding hydrogens is 258 g/mol. The SMILES string of the molecule is CCC(C(=O)N(CCOC)CC(=O)O)c1ccccc1. The molecule has 5 heteroatoms. The van der Waals surface area contributed by atoms with Crippen LogP contribution in [0.4, 0.5) is 0 Å². The van der Waals surface area contributed by atoms with Gasteiger partial charge in [0.25, 0.3) is 0 Å².